The van der Waals surface area contributed by atoms with Crippen molar-refractivity contribution >= 4 is 11.6 Å². The van der Waals surface area contributed by atoms with Crippen molar-refractivity contribution in [2.75, 3.05) is 7.11 Å². The second kappa shape index (κ2) is 8.69. The fraction of sp³-hybridized carbons (Fsp3) is 0.0400. The van der Waals surface area contributed by atoms with Crippen molar-refractivity contribution in [1.29, 1.82) is 5.26 Å². The molecule has 0 bridgehead atoms. The van der Waals surface area contributed by atoms with Gasteiger partial charge in [0.1, 0.15) is 23.3 Å². The average molecular weight is 413 g/mol. The van der Waals surface area contributed by atoms with Gasteiger partial charge in [0.2, 0.25) is 0 Å². The van der Waals surface area contributed by atoms with Gasteiger partial charge >= 0.3 is 0 Å². The molecular weight excluding hydrogens is 396 g/mol. The molecule has 0 aliphatic rings. The first kappa shape index (κ1) is 19.5. The van der Waals surface area contributed by atoms with Gasteiger partial charge in [-0.05, 0) is 54.1 Å². The van der Waals surface area contributed by atoms with Crippen LogP contribution < -0.4 is 9.47 Å². The van der Waals surface area contributed by atoms with Gasteiger partial charge in [-0.2, -0.15) is 5.26 Å². The lowest BCUT2D eigenvalue weighted by Gasteiger charge is -2.12. The zero-order chi connectivity index (χ0) is 20.9. The van der Waals surface area contributed by atoms with Crippen LogP contribution in [-0.2, 0) is 0 Å². The highest BCUT2D eigenvalue weighted by Gasteiger charge is 2.16. The second-order valence-corrected chi connectivity index (χ2v) is 6.87. The number of nitriles is 1. The molecule has 0 saturated carbocycles. The zero-order valence-electron chi connectivity index (χ0n) is 16.2. The Morgan fingerprint density at radius 2 is 1.40 bits per heavy atom. The predicted octanol–water partition coefficient (Wildman–Crippen LogP) is 6.74. The zero-order valence-corrected chi connectivity index (χ0v) is 16.9. The average Bonchev–Trinajstić information content (AvgIpc) is 2.80. The summed E-state index contributed by atoms with van der Waals surface area (Å²) in [7, 11) is 1.62. The lowest BCUT2D eigenvalue weighted by Crippen LogP contribution is -1.94. The van der Waals surface area contributed by atoms with Gasteiger partial charge in [0, 0.05) is 17.3 Å². The molecule has 0 saturated heterocycles. The van der Waals surface area contributed by atoms with Crippen molar-refractivity contribution in [1.82, 2.24) is 4.98 Å². The molecule has 1 heterocycles. The van der Waals surface area contributed by atoms with E-state index in [9.17, 15) is 5.26 Å². The van der Waals surface area contributed by atoms with Gasteiger partial charge in [-0.15, -0.1) is 0 Å². The van der Waals surface area contributed by atoms with Crippen LogP contribution in [0.3, 0.4) is 0 Å². The summed E-state index contributed by atoms with van der Waals surface area (Å²) in [5.41, 5.74) is 3.32. The van der Waals surface area contributed by atoms with Crippen molar-refractivity contribution in [3.63, 3.8) is 0 Å². The molecule has 4 aromatic rings. The van der Waals surface area contributed by atoms with Crippen LogP contribution in [0, 0.1) is 11.3 Å². The molecule has 0 N–H and O–H groups in total. The van der Waals surface area contributed by atoms with E-state index in [0.29, 0.717) is 27.6 Å². The summed E-state index contributed by atoms with van der Waals surface area (Å²) >= 11 is 6.73. The maximum atomic E-state index is 9.59. The van der Waals surface area contributed by atoms with E-state index in [4.69, 9.17) is 21.1 Å². The van der Waals surface area contributed by atoms with E-state index >= 15 is 0 Å². The number of methoxy groups -OCH3 is 1. The van der Waals surface area contributed by atoms with Gasteiger partial charge in [-0.25, -0.2) is 0 Å². The Morgan fingerprint density at radius 1 is 0.800 bits per heavy atom. The number of nitrogens with zero attached hydrogens (tertiary/aromatic N) is 2. The first-order valence-corrected chi connectivity index (χ1v) is 9.64. The number of ether oxygens (including phenoxy) is 2. The Labute approximate surface area is 179 Å². The molecule has 0 aliphatic heterocycles. The van der Waals surface area contributed by atoms with Crippen molar-refractivity contribution in [3.05, 3.63) is 95.6 Å². The lowest BCUT2D eigenvalue weighted by atomic mass is 9.99. The fourth-order valence-corrected chi connectivity index (χ4v) is 3.49. The molecule has 146 valence electrons. The number of aromatic nitrogens is 1. The molecule has 5 heteroatoms. The molecule has 0 radical (unpaired) electrons. The van der Waals surface area contributed by atoms with Crippen LogP contribution >= 0.6 is 11.6 Å². The first-order valence-electron chi connectivity index (χ1n) is 9.26. The minimum Gasteiger partial charge on any atom is -0.497 e. The van der Waals surface area contributed by atoms with Gasteiger partial charge in [0.05, 0.1) is 23.4 Å². The van der Waals surface area contributed by atoms with E-state index in [2.05, 4.69) is 11.1 Å². The standard InChI is InChI=1S/C25H17ClN2O2/c1-29-20-11-9-18(10-12-20)25-24(26)23(19(15-27)16-28-25)17-7-13-22(14-8-17)30-21-5-3-2-4-6-21/h2-14,16H,1H3. The summed E-state index contributed by atoms with van der Waals surface area (Å²) in [4.78, 5) is 4.41. The summed E-state index contributed by atoms with van der Waals surface area (Å²) < 4.78 is 11.1. The molecule has 30 heavy (non-hydrogen) atoms. The Morgan fingerprint density at radius 3 is 2.03 bits per heavy atom. The van der Waals surface area contributed by atoms with Crippen LogP contribution in [-0.4, -0.2) is 12.1 Å². The van der Waals surface area contributed by atoms with E-state index in [1.165, 1.54) is 0 Å². The number of para-hydroxylation sites is 1. The van der Waals surface area contributed by atoms with Gasteiger partial charge in [0.25, 0.3) is 0 Å². The van der Waals surface area contributed by atoms with Crippen LogP contribution in [0.25, 0.3) is 22.4 Å². The van der Waals surface area contributed by atoms with Crippen LogP contribution in [0.2, 0.25) is 5.02 Å². The van der Waals surface area contributed by atoms with E-state index in [1.807, 2.05) is 78.9 Å². The van der Waals surface area contributed by atoms with Gasteiger partial charge in [0.15, 0.2) is 0 Å². The third-order valence-electron chi connectivity index (χ3n) is 4.63. The maximum Gasteiger partial charge on any atom is 0.127 e. The molecule has 4 nitrogen and oxygen atoms in total. The van der Waals surface area contributed by atoms with Crippen LogP contribution in [0.4, 0.5) is 0 Å². The molecule has 0 fully saturated rings. The van der Waals surface area contributed by atoms with Crippen molar-refractivity contribution in [3.8, 4) is 45.7 Å². The third kappa shape index (κ3) is 3.98. The smallest absolute Gasteiger partial charge is 0.127 e. The molecular formula is C25H17ClN2O2. The Balaban J connectivity index is 1.71. The fourth-order valence-electron chi connectivity index (χ4n) is 3.12. The number of rotatable bonds is 5. The predicted molar refractivity (Wildman–Crippen MR) is 118 cm³/mol. The van der Waals surface area contributed by atoms with E-state index in [-0.39, 0.29) is 0 Å². The van der Waals surface area contributed by atoms with Crippen molar-refractivity contribution in [2.45, 2.75) is 0 Å². The third-order valence-corrected chi connectivity index (χ3v) is 4.99. The largest absolute Gasteiger partial charge is 0.497 e. The highest BCUT2D eigenvalue weighted by Crippen LogP contribution is 2.38. The molecule has 0 aliphatic carbocycles. The van der Waals surface area contributed by atoms with Crippen LogP contribution in [0.15, 0.2) is 85.1 Å². The summed E-state index contributed by atoms with van der Waals surface area (Å²) in [5, 5.41) is 10.0. The number of hydrogen-bond donors (Lipinski definition) is 0. The number of hydrogen-bond acceptors (Lipinski definition) is 4. The number of pyridine rings is 1. The highest BCUT2D eigenvalue weighted by molar-refractivity contribution is 6.36. The molecule has 0 amide bonds. The Hall–Kier alpha value is -3.81. The van der Waals surface area contributed by atoms with Gasteiger partial charge in [-0.1, -0.05) is 41.9 Å². The molecule has 3 aromatic carbocycles. The quantitative estimate of drug-likeness (QED) is 0.364. The topological polar surface area (TPSA) is 55.1 Å². The first-order chi connectivity index (χ1) is 14.7. The van der Waals surface area contributed by atoms with Crippen LogP contribution in [0.1, 0.15) is 5.56 Å². The SMILES string of the molecule is COc1ccc(-c2ncc(C#N)c(-c3ccc(Oc4ccccc4)cc3)c2Cl)cc1. The number of benzene rings is 3. The molecule has 0 atom stereocenters. The van der Waals surface area contributed by atoms with Crippen LogP contribution in [0.5, 0.6) is 17.2 Å². The van der Waals surface area contributed by atoms with Crippen molar-refractivity contribution < 1.29 is 9.47 Å². The number of halogens is 1. The minimum absolute atomic E-state index is 0.411. The monoisotopic (exact) mass is 412 g/mol. The normalized spacial score (nSPS) is 10.3. The minimum atomic E-state index is 0.411. The van der Waals surface area contributed by atoms with E-state index in [0.717, 1.165) is 22.6 Å². The second-order valence-electron chi connectivity index (χ2n) is 6.49. The molecule has 1 aromatic heterocycles. The highest BCUT2D eigenvalue weighted by atomic mass is 35.5. The summed E-state index contributed by atoms with van der Waals surface area (Å²) in [6.45, 7) is 0. The molecule has 4 rings (SSSR count). The van der Waals surface area contributed by atoms with E-state index in [1.54, 1.807) is 13.3 Å². The maximum absolute atomic E-state index is 9.59. The van der Waals surface area contributed by atoms with Crippen molar-refractivity contribution in [2.24, 2.45) is 0 Å². The molecule has 0 unspecified atom stereocenters. The summed E-state index contributed by atoms with van der Waals surface area (Å²) in [6.07, 6.45) is 1.55. The van der Waals surface area contributed by atoms with Gasteiger partial charge < -0.3 is 9.47 Å². The summed E-state index contributed by atoms with van der Waals surface area (Å²) in [6, 6.07) is 26.7. The summed E-state index contributed by atoms with van der Waals surface area (Å²) in [5.74, 6) is 2.20. The Bertz CT molecular complexity index is 1200. The van der Waals surface area contributed by atoms with E-state index < -0.39 is 0 Å². The Kier molecular flexibility index (Phi) is 5.65. The molecule has 0 spiro atoms. The lowest BCUT2D eigenvalue weighted by molar-refractivity contribution is 0.415. The van der Waals surface area contributed by atoms with Gasteiger partial charge in [-0.3, -0.25) is 4.98 Å².